The molecule has 2 heteroatoms. The maximum Gasteiger partial charge on any atom is 0.0486 e. The SMILES string of the molecule is Cc1ccc2c(c1)c1c(n2CCc2ccccc2)CC(C)N(C)C1. The summed E-state index contributed by atoms with van der Waals surface area (Å²) in [5, 5.41) is 1.46. The number of rotatable bonds is 3. The van der Waals surface area contributed by atoms with Crippen molar-refractivity contribution >= 4 is 10.9 Å². The highest BCUT2D eigenvalue weighted by Gasteiger charge is 2.26. The molecule has 0 N–H and O–H groups in total. The van der Waals surface area contributed by atoms with Crippen molar-refractivity contribution in [3.8, 4) is 0 Å². The average molecular weight is 318 g/mol. The summed E-state index contributed by atoms with van der Waals surface area (Å²) in [6.07, 6.45) is 2.24. The van der Waals surface area contributed by atoms with E-state index in [9.17, 15) is 0 Å². The molecule has 2 aromatic carbocycles. The van der Waals surface area contributed by atoms with Crippen molar-refractivity contribution in [1.29, 1.82) is 0 Å². The Morgan fingerprint density at radius 2 is 1.88 bits per heavy atom. The second-order valence-electron chi connectivity index (χ2n) is 7.30. The van der Waals surface area contributed by atoms with Crippen molar-refractivity contribution < 1.29 is 0 Å². The van der Waals surface area contributed by atoms with E-state index in [2.05, 4.69) is 78.9 Å². The van der Waals surface area contributed by atoms with Crippen molar-refractivity contribution in [2.24, 2.45) is 0 Å². The van der Waals surface area contributed by atoms with Gasteiger partial charge in [-0.1, -0.05) is 42.0 Å². The van der Waals surface area contributed by atoms with Crippen LogP contribution in [0.5, 0.6) is 0 Å². The fourth-order valence-corrected chi connectivity index (χ4v) is 3.98. The van der Waals surface area contributed by atoms with Crippen LogP contribution < -0.4 is 0 Å². The largest absolute Gasteiger partial charge is 0.344 e. The third-order valence-corrected chi connectivity index (χ3v) is 5.56. The Balaban J connectivity index is 1.78. The maximum absolute atomic E-state index is 2.58. The summed E-state index contributed by atoms with van der Waals surface area (Å²) in [6.45, 7) is 6.67. The quantitative estimate of drug-likeness (QED) is 0.687. The standard InChI is InChI=1S/C22H26N2/c1-16-9-10-21-19(13-16)20-15-23(3)17(2)14-22(20)24(21)12-11-18-7-5-4-6-8-18/h4-10,13,17H,11-12,14-15H2,1-3H3. The number of fused-ring (bicyclic) bond motifs is 3. The summed E-state index contributed by atoms with van der Waals surface area (Å²) < 4.78 is 2.58. The molecular weight excluding hydrogens is 292 g/mol. The second-order valence-corrected chi connectivity index (χ2v) is 7.30. The zero-order valence-electron chi connectivity index (χ0n) is 14.9. The van der Waals surface area contributed by atoms with Gasteiger partial charge in [0.25, 0.3) is 0 Å². The van der Waals surface area contributed by atoms with Crippen molar-refractivity contribution in [3.63, 3.8) is 0 Å². The van der Waals surface area contributed by atoms with Crippen LogP contribution in [0.3, 0.4) is 0 Å². The lowest BCUT2D eigenvalue weighted by Crippen LogP contribution is -2.35. The van der Waals surface area contributed by atoms with Gasteiger partial charge in [-0.15, -0.1) is 0 Å². The highest BCUT2D eigenvalue weighted by molar-refractivity contribution is 5.86. The number of benzene rings is 2. The van der Waals surface area contributed by atoms with Gasteiger partial charge in [-0.3, -0.25) is 4.90 Å². The van der Waals surface area contributed by atoms with Crippen LogP contribution in [0.1, 0.15) is 29.3 Å². The molecule has 0 saturated heterocycles. The lowest BCUT2D eigenvalue weighted by Gasteiger charge is -2.31. The molecule has 2 nitrogen and oxygen atoms in total. The number of hydrogen-bond donors (Lipinski definition) is 0. The highest BCUT2D eigenvalue weighted by atomic mass is 15.1. The van der Waals surface area contributed by atoms with Gasteiger partial charge in [0, 0.05) is 42.1 Å². The zero-order chi connectivity index (χ0) is 16.7. The Morgan fingerprint density at radius 1 is 1.08 bits per heavy atom. The Kier molecular flexibility index (Phi) is 3.93. The number of likely N-dealkylation sites (N-methyl/N-ethyl adjacent to an activating group) is 1. The van der Waals surface area contributed by atoms with E-state index in [4.69, 9.17) is 0 Å². The van der Waals surface area contributed by atoms with Gasteiger partial charge in [0.05, 0.1) is 0 Å². The smallest absolute Gasteiger partial charge is 0.0486 e. The van der Waals surface area contributed by atoms with Gasteiger partial charge in [-0.2, -0.15) is 0 Å². The first-order valence-electron chi connectivity index (χ1n) is 8.98. The summed E-state index contributed by atoms with van der Waals surface area (Å²) in [7, 11) is 2.25. The number of hydrogen-bond acceptors (Lipinski definition) is 1. The fourth-order valence-electron chi connectivity index (χ4n) is 3.98. The Hall–Kier alpha value is -2.06. The molecule has 1 aliphatic heterocycles. The molecule has 1 atom stereocenters. The Labute approximate surface area is 144 Å². The van der Waals surface area contributed by atoms with Crippen LogP contribution in [0.25, 0.3) is 10.9 Å². The van der Waals surface area contributed by atoms with Crippen LogP contribution in [0.4, 0.5) is 0 Å². The van der Waals surface area contributed by atoms with E-state index in [-0.39, 0.29) is 0 Å². The van der Waals surface area contributed by atoms with Gasteiger partial charge < -0.3 is 4.57 Å². The minimum Gasteiger partial charge on any atom is -0.344 e. The molecule has 1 unspecified atom stereocenters. The third-order valence-electron chi connectivity index (χ3n) is 5.56. The molecule has 0 aliphatic carbocycles. The Morgan fingerprint density at radius 3 is 2.67 bits per heavy atom. The van der Waals surface area contributed by atoms with E-state index in [1.54, 1.807) is 11.3 Å². The normalized spacial score (nSPS) is 18.0. The van der Waals surface area contributed by atoms with E-state index in [1.807, 2.05) is 0 Å². The minimum atomic E-state index is 0.610. The lowest BCUT2D eigenvalue weighted by atomic mass is 9.99. The molecule has 0 spiro atoms. The van der Waals surface area contributed by atoms with Gasteiger partial charge in [-0.05, 0) is 50.6 Å². The van der Waals surface area contributed by atoms with Crippen LogP contribution in [-0.2, 0) is 25.9 Å². The van der Waals surface area contributed by atoms with Crippen LogP contribution >= 0.6 is 0 Å². The molecule has 0 radical (unpaired) electrons. The zero-order valence-corrected chi connectivity index (χ0v) is 14.9. The van der Waals surface area contributed by atoms with E-state index in [1.165, 1.54) is 22.0 Å². The number of nitrogens with zero attached hydrogens (tertiary/aromatic N) is 2. The summed E-state index contributed by atoms with van der Waals surface area (Å²) in [5.41, 5.74) is 7.27. The van der Waals surface area contributed by atoms with E-state index in [0.29, 0.717) is 6.04 Å². The molecule has 0 bridgehead atoms. The van der Waals surface area contributed by atoms with Crippen molar-refractivity contribution in [3.05, 3.63) is 70.9 Å². The first-order valence-corrected chi connectivity index (χ1v) is 8.98. The number of aromatic nitrogens is 1. The molecule has 0 amide bonds. The van der Waals surface area contributed by atoms with Crippen LogP contribution in [-0.4, -0.2) is 22.6 Å². The minimum absolute atomic E-state index is 0.610. The topological polar surface area (TPSA) is 8.17 Å². The van der Waals surface area contributed by atoms with Gasteiger partial charge in [0.2, 0.25) is 0 Å². The molecule has 124 valence electrons. The molecule has 4 rings (SSSR count). The maximum atomic E-state index is 2.58. The molecule has 0 saturated carbocycles. The predicted octanol–water partition coefficient (Wildman–Crippen LogP) is 4.57. The van der Waals surface area contributed by atoms with Gasteiger partial charge in [0.15, 0.2) is 0 Å². The van der Waals surface area contributed by atoms with Crippen LogP contribution in [0, 0.1) is 6.92 Å². The molecule has 2 heterocycles. The summed E-state index contributed by atoms with van der Waals surface area (Å²) in [6, 6.07) is 18.4. The molecule has 1 aliphatic rings. The van der Waals surface area contributed by atoms with Crippen LogP contribution in [0.15, 0.2) is 48.5 Å². The average Bonchev–Trinajstić information content (AvgIpc) is 2.87. The van der Waals surface area contributed by atoms with E-state index >= 15 is 0 Å². The Bertz CT molecular complexity index is 861. The molecule has 0 fully saturated rings. The van der Waals surface area contributed by atoms with Crippen molar-refractivity contribution in [2.45, 2.75) is 45.8 Å². The summed E-state index contributed by atoms with van der Waals surface area (Å²) >= 11 is 0. The van der Waals surface area contributed by atoms with Crippen molar-refractivity contribution in [1.82, 2.24) is 9.47 Å². The van der Waals surface area contributed by atoms with E-state index in [0.717, 1.165) is 25.9 Å². The van der Waals surface area contributed by atoms with Crippen LogP contribution in [0.2, 0.25) is 0 Å². The fraction of sp³-hybridized carbons (Fsp3) is 0.364. The lowest BCUT2D eigenvalue weighted by molar-refractivity contribution is 0.228. The first-order chi connectivity index (χ1) is 11.6. The van der Waals surface area contributed by atoms with E-state index < -0.39 is 0 Å². The summed E-state index contributed by atoms with van der Waals surface area (Å²) in [5.74, 6) is 0. The molecule has 1 aromatic heterocycles. The third kappa shape index (κ3) is 2.65. The molecular formula is C22H26N2. The number of aryl methyl sites for hydroxylation is 3. The van der Waals surface area contributed by atoms with Gasteiger partial charge in [-0.25, -0.2) is 0 Å². The molecule has 24 heavy (non-hydrogen) atoms. The second kappa shape index (κ2) is 6.10. The predicted molar refractivity (Wildman–Crippen MR) is 101 cm³/mol. The van der Waals surface area contributed by atoms with Gasteiger partial charge >= 0.3 is 0 Å². The first kappa shape index (κ1) is 15.5. The summed E-state index contributed by atoms with van der Waals surface area (Å²) in [4.78, 5) is 2.48. The highest BCUT2D eigenvalue weighted by Crippen LogP contribution is 2.33. The monoisotopic (exact) mass is 318 g/mol. The van der Waals surface area contributed by atoms with Crippen molar-refractivity contribution in [2.75, 3.05) is 7.05 Å². The van der Waals surface area contributed by atoms with Gasteiger partial charge in [0.1, 0.15) is 0 Å². The molecule has 3 aromatic rings.